The van der Waals surface area contributed by atoms with E-state index >= 15 is 0 Å². The summed E-state index contributed by atoms with van der Waals surface area (Å²) in [6, 6.07) is 9.33. The quantitative estimate of drug-likeness (QED) is 0.669. The van der Waals surface area contributed by atoms with Gasteiger partial charge in [-0.25, -0.2) is 4.98 Å². The van der Waals surface area contributed by atoms with Crippen LogP contribution in [0.25, 0.3) is 0 Å². The largest absolute Gasteiger partial charge is 0.497 e. The maximum absolute atomic E-state index is 10.7. The molecule has 6 heteroatoms. The van der Waals surface area contributed by atoms with Crippen LogP contribution in [0.1, 0.15) is 11.1 Å². The van der Waals surface area contributed by atoms with Crippen LogP contribution in [-0.4, -0.2) is 17.0 Å². The summed E-state index contributed by atoms with van der Waals surface area (Å²) >= 11 is 0. The van der Waals surface area contributed by atoms with E-state index in [4.69, 9.17) is 4.74 Å². The van der Waals surface area contributed by atoms with Gasteiger partial charge in [-0.3, -0.25) is 10.1 Å². The van der Waals surface area contributed by atoms with Crippen molar-refractivity contribution in [3.63, 3.8) is 0 Å². The molecule has 104 valence electrons. The molecule has 0 saturated heterocycles. The lowest BCUT2D eigenvalue weighted by Gasteiger charge is -2.07. The summed E-state index contributed by atoms with van der Waals surface area (Å²) in [4.78, 5) is 14.3. The molecule has 0 bridgehead atoms. The number of aromatic nitrogens is 1. The van der Waals surface area contributed by atoms with Crippen molar-refractivity contribution in [3.8, 4) is 5.75 Å². The molecule has 0 aliphatic heterocycles. The Labute approximate surface area is 116 Å². The smallest absolute Gasteiger partial charge is 0.290 e. The van der Waals surface area contributed by atoms with E-state index in [0.29, 0.717) is 17.9 Å². The van der Waals surface area contributed by atoms with E-state index in [1.165, 1.54) is 6.20 Å². The van der Waals surface area contributed by atoms with Gasteiger partial charge in [0.15, 0.2) is 0 Å². The number of nitro groups is 1. The Balaban J connectivity index is 2.03. The van der Waals surface area contributed by atoms with Gasteiger partial charge in [0.1, 0.15) is 17.8 Å². The van der Waals surface area contributed by atoms with Crippen molar-refractivity contribution >= 4 is 11.5 Å². The molecule has 0 aliphatic carbocycles. The summed E-state index contributed by atoms with van der Waals surface area (Å²) in [5.41, 5.74) is 1.69. The predicted octanol–water partition coefficient (Wildman–Crippen LogP) is 2.92. The van der Waals surface area contributed by atoms with Crippen LogP contribution < -0.4 is 10.1 Å². The van der Waals surface area contributed by atoms with E-state index in [1.807, 2.05) is 24.3 Å². The van der Waals surface area contributed by atoms with Gasteiger partial charge >= 0.3 is 0 Å². The summed E-state index contributed by atoms with van der Waals surface area (Å²) in [5, 5.41) is 13.8. The van der Waals surface area contributed by atoms with Gasteiger partial charge in [-0.1, -0.05) is 12.1 Å². The number of hydrogen-bond acceptors (Lipinski definition) is 5. The van der Waals surface area contributed by atoms with E-state index in [2.05, 4.69) is 10.3 Å². The van der Waals surface area contributed by atoms with Crippen LogP contribution in [0, 0.1) is 17.0 Å². The summed E-state index contributed by atoms with van der Waals surface area (Å²) in [7, 11) is 1.62. The Hall–Kier alpha value is -2.63. The highest BCUT2D eigenvalue weighted by Crippen LogP contribution is 2.19. The molecule has 0 unspecified atom stereocenters. The molecular formula is C14H15N3O3. The van der Waals surface area contributed by atoms with Crippen LogP contribution in [0.5, 0.6) is 5.75 Å². The fourth-order valence-electron chi connectivity index (χ4n) is 1.77. The molecule has 0 aliphatic rings. The molecule has 0 amide bonds. The molecule has 0 atom stereocenters. The second kappa shape index (κ2) is 6.01. The first-order chi connectivity index (χ1) is 9.60. The maximum Gasteiger partial charge on any atom is 0.290 e. The summed E-state index contributed by atoms with van der Waals surface area (Å²) in [5.74, 6) is 1.42. The molecule has 1 aromatic heterocycles. The molecule has 0 spiro atoms. The molecule has 1 N–H and O–H groups in total. The number of nitrogens with zero attached hydrogens (tertiary/aromatic N) is 2. The van der Waals surface area contributed by atoms with E-state index in [1.54, 1.807) is 20.1 Å². The van der Waals surface area contributed by atoms with Crippen LogP contribution in [0.2, 0.25) is 0 Å². The predicted molar refractivity (Wildman–Crippen MR) is 75.9 cm³/mol. The van der Waals surface area contributed by atoms with Gasteiger partial charge in [0.25, 0.3) is 5.69 Å². The zero-order chi connectivity index (χ0) is 14.5. The summed E-state index contributed by atoms with van der Waals surface area (Å²) in [6.45, 7) is 2.28. The van der Waals surface area contributed by atoms with Gasteiger partial charge < -0.3 is 10.1 Å². The Morgan fingerprint density at radius 3 is 2.60 bits per heavy atom. The van der Waals surface area contributed by atoms with Gasteiger partial charge in [-0.05, 0) is 30.7 Å². The van der Waals surface area contributed by atoms with Crippen molar-refractivity contribution < 1.29 is 9.66 Å². The Bertz CT molecular complexity index is 612. The number of nitrogens with one attached hydrogen (secondary N) is 1. The standard InChI is InChI=1S/C14H15N3O3/c1-10-7-14(16-9-13(10)17(18)19)15-8-11-3-5-12(20-2)6-4-11/h3-7,9H,8H2,1-2H3,(H,15,16). The first kappa shape index (κ1) is 13.8. The highest BCUT2D eigenvalue weighted by molar-refractivity contribution is 5.47. The van der Waals surface area contributed by atoms with Crippen molar-refractivity contribution in [1.29, 1.82) is 0 Å². The first-order valence-corrected chi connectivity index (χ1v) is 6.08. The fraction of sp³-hybridized carbons (Fsp3) is 0.214. The highest BCUT2D eigenvalue weighted by atomic mass is 16.6. The normalized spacial score (nSPS) is 10.1. The molecule has 0 saturated carbocycles. The SMILES string of the molecule is COc1ccc(CNc2cc(C)c([N+](=O)[O-])cn2)cc1. The topological polar surface area (TPSA) is 77.3 Å². The highest BCUT2D eigenvalue weighted by Gasteiger charge is 2.11. The minimum atomic E-state index is -0.435. The molecule has 2 aromatic rings. The molecule has 20 heavy (non-hydrogen) atoms. The first-order valence-electron chi connectivity index (χ1n) is 6.08. The van der Waals surface area contributed by atoms with Gasteiger partial charge in [0.2, 0.25) is 0 Å². The van der Waals surface area contributed by atoms with Crippen molar-refractivity contribution in [1.82, 2.24) is 4.98 Å². The van der Waals surface area contributed by atoms with Crippen LogP contribution >= 0.6 is 0 Å². The van der Waals surface area contributed by atoms with E-state index in [9.17, 15) is 10.1 Å². The Morgan fingerprint density at radius 2 is 2.05 bits per heavy atom. The maximum atomic E-state index is 10.7. The number of rotatable bonds is 5. The number of aryl methyl sites for hydroxylation is 1. The molecule has 1 aromatic carbocycles. The number of methoxy groups -OCH3 is 1. The molecular weight excluding hydrogens is 258 g/mol. The number of benzene rings is 1. The average molecular weight is 273 g/mol. The second-order valence-electron chi connectivity index (χ2n) is 4.31. The van der Waals surface area contributed by atoms with Crippen molar-refractivity contribution in [2.75, 3.05) is 12.4 Å². The van der Waals surface area contributed by atoms with E-state index in [0.717, 1.165) is 11.3 Å². The van der Waals surface area contributed by atoms with Gasteiger partial charge in [0.05, 0.1) is 12.0 Å². The minimum Gasteiger partial charge on any atom is -0.497 e. The van der Waals surface area contributed by atoms with Gasteiger partial charge in [-0.15, -0.1) is 0 Å². The number of hydrogen-bond donors (Lipinski definition) is 1. The number of ether oxygens (including phenoxy) is 1. The minimum absolute atomic E-state index is 0.0278. The Morgan fingerprint density at radius 1 is 1.35 bits per heavy atom. The Kier molecular flexibility index (Phi) is 4.14. The molecule has 2 rings (SSSR count). The molecule has 1 heterocycles. The number of anilines is 1. The fourth-order valence-corrected chi connectivity index (χ4v) is 1.77. The average Bonchev–Trinajstić information content (AvgIpc) is 2.45. The van der Waals surface area contributed by atoms with E-state index < -0.39 is 4.92 Å². The van der Waals surface area contributed by atoms with Crippen molar-refractivity contribution in [2.24, 2.45) is 0 Å². The van der Waals surface area contributed by atoms with Crippen molar-refractivity contribution in [2.45, 2.75) is 13.5 Å². The van der Waals surface area contributed by atoms with Gasteiger partial charge in [-0.2, -0.15) is 0 Å². The third-order valence-corrected chi connectivity index (χ3v) is 2.91. The molecule has 6 nitrogen and oxygen atoms in total. The van der Waals surface area contributed by atoms with Crippen LogP contribution in [0.4, 0.5) is 11.5 Å². The van der Waals surface area contributed by atoms with Crippen LogP contribution in [0.15, 0.2) is 36.5 Å². The molecule has 0 fully saturated rings. The van der Waals surface area contributed by atoms with Crippen molar-refractivity contribution in [3.05, 3.63) is 57.8 Å². The summed E-state index contributed by atoms with van der Waals surface area (Å²) in [6.07, 6.45) is 1.27. The third-order valence-electron chi connectivity index (χ3n) is 2.91. The molecule has 0 radical (unpaired) electrons. The zero-order valence-corrected chi connectivity index (χ0v) is 11.3. The lowest BCUT2D eigenvalue weighted by atomic mass is 10.2. The zero-order valence-electron chi connectivity index (χ0n) is 11.3. The summed E-state index contributed by atoms with van der Waals surface area (Å²) < 4.78 is 5.09. The second-order valence-corrected chi connectivity index (χ2v) is 4.31. The lowest BCUT2D eigenvalue weighted by molar-refractivity contribution is -0.385. The monoisotopic (exact) mass is 273 g/mol. The lowest BCUT2D eigenvalue weighted by Crippen LogP contribution is -2.02. The van der Waals surface area contributed by atoms with E-state index in [-0.39, 0.29) is 5.69 Å². The van der Waals surface area contributed by atoms with Crippen LogP contribution in [-0.2, 0) is 6.54 Å². The third kappa shape index (κ3) is 3.23. The number of pyridine rings is 1. The van der Waals surface area contributed by atoms with Crippen LogP contribution in [0.3, 0.4) is 0 Å². The van der Waals surface area contributed by atoms with Gasteiger partial charge in [0, 0.05) is 12.1 Å².